The van der Waals surface area contributed by atoms with Gasteiger partial charge in [-0.15, -0.1) is 0 Å². The van der Waals surface area contributed by atoms with Gasteiger partial charge in [-0.05, 0) is 48.9 Å². The minimum atomic E-state index is 0.154. The van der Waals surface area contributed by atoms with Crippen LogP contribution in [-0.4, -0.2) is 29.0 Å². The molecule has 0 aliphatic heterocycles. The van der Waals surface area contributed by atoms with Crippen LogP contribution in [0.5, 0.6) is 11.8 Å². The molecule has 1 aromatic carbocycles. The van der Waals surface area contributed by atoms with Crippen molar-refractivity contribution in [3.05, 3.63) is 29.3 Å². The number of benzene rings is 1. The Labute approximate surface area is 124 Å². The van der Waals surface area contributed by atoms with Gasteiger partial charge in [0.05, 0.1) is 0 Å². The fourth-order valence-electron chi connectivity index (χ4n) is 2.49. The van der Waals surface area contributed by atoms with Crippen molar-refractivity contribution in [2.75, 3.05) is 24.7 Å². The van der Waals surface area contributed by atoms with E-state index in [1.165, 1.54) is 24.0 Å². The van der Waals surface area contributed by atoms with E-state index in [4.69, 9.17) is 10.5 Å². The molecule has 6 heteroatoms. The number of aromatic nitrogens is 3. The second kappa shape index (κ2) is 5.55. The minimum absolute atomic E-state index is 0.154. The van der Waals surface area contributed by atoms with Crippen molar-refractivity contribution >= 4 is 11.9 Å². The second-order valence-electron chi connectivity index (χ2n) is 5.41. The number of hydrogen-bond acceptors (Lipinski definition) is 6. The second-order valence-corrected chi connectivity index (χ2v) is 5.41. The Bertz CT molecular complexity index is 657. The van der Waals surface area contributed by atoms with Crippen LogP contribution in [-0.2, 0) is 12.8 Å². The molecule has 21 heavy (non-hydrogen) atoms. The molecular formula is C15H19N5O. The Morgan fingerprint density at radius 3 is 2.57 bits per heavy atom. The first-order valence-electron chi connectivity index (χ1n) is 7.10. The zero-order valence-corrected chi connectivity index (χ0v) is 12.3. The van der Waals surface area contributed by atoms with Crippen molar-refractivity contribution in [1.29, 1.82) is 0 Å². The SMILES string of the molecule is CN(C)c1nc(N)nc(Oc2ccc3c(c2)CCCC3)n1. The molecule has 0 radical (unpaired) electrons. The Morgan fingerprint density at radius 2 is 1.81 bits per heavy atom. The predicted octanol–water partition coefficient (Wildman–Crippen LogP) is 2.19. The van der Waals surface area contributed by atoms with Crippen LogP contribution in [0.25, 0.3) is 0 Å². The number of nitrogens with zero attached hydrogens (tertiary/aromatic N) is 4. The van der Waals surface area contributed by atoms with Gasteiger partial charge in [-0.2, -0.15) is 15.0 Å². The van der Waals surface area contributed by atoms with E-state index in [2.05, 4.69) is 27.1 Å². The van der Waals surface area contributed by atoms with Gasteiger partial charge in [-0.3, -0.25) is 0 Å². The maximum Gasteiger partial charge on any atom is 0.328 e. The zero-order chi connectivity index (χ0) is 14.8. The summed E-state index contributed by atoms with van der Waals surface area (Å²) in [6.45, 7) is 0. The first kappa shape index (κ1) is 13.6. The van der Waals surface area contributed by atoms with Gasteiger partial charge in [0.25, 0.3) is 0 Å². The third kappa shape index (κ3) is 3.04. The van der Waals surface area contributed by atoms with Crippen LogP contribution < -0.4 is 15.4 Å². The molecule has 0 saturated heterocycles. The summed E-state index contributed by atoms with van der Waals surface area (Å²) in [5.74, 6) is 1.38. The van der Waals surface area contributed by atoms with Gasteiger partial charge in [-0.1, -0.05) is 6.07 Å². The molecule has 6 nitrogen and oxygen atoms in total. The number of aryl methyl sites for hydroxylation is 2. The molecule has 0 saturated carbocycles. The maximum atomic E-state index is 5.75. The van der Waals surface area contributed by atoms with Gasteiger partial charge in [0.15, 0.2) is 0 Å². The van der Waals surface area contributed by atoms with Crippen molar-refractivity contribution < 1.29 is 4.74 Å². The monoisotopic (exact) mass is 285 g/mol. The number of fused-ring (bicyclic) bond motifs is 1. The first-order valence-corrected chi connectivity index (χ1v) is 7.10. The van der Waals surface area contributed by atoms with Crippen molar-refractivity contribution in [2.24, 2.45) is 0 Å². The smallest absolute Gasteiger partial charge is 0.328 e. The molecule has 2 N–H and O–H groups in total. The molecule has 1 aliphatic rings. The van der Waals surface area contributed by atoms with E-state index in [9.17, 15) is 0 Å². The highest BCUT2D eigenvalue weighted by Gasteiger charge is 2.12. The van der Waals surface area contributed by atoms with Gasteiger partial charge in [-0.25, -0.2) is 0 Å². The average molecular weight is 285 g/mol. The maximum absolute atomic E-state index is 5.75. The number of nitrogens with two attached hydrogens (primary N) is 1. The van der Waals surface area contributed by atoms with Crippen LogP contribution in [0.3, 0.4) is 0 Å². The van der Waals surface area contributed by atoms with Crippen molar-refractivity contribution in [3.63, 3.8) is 0 Å². The Kier molecular flexibility index (Phi) is 3.60. The molecule has 0 spiro atoms. The van der Waals surface area contributed by atoms with Crippen molar-refractivity contribution in [1.82, 2.24) is 15.0 Å². The molecule has 3 rings (SSSR count). The standard InChI is InChI=1S/C15H19N5O/c1-20(2)14-17-13(16)18-15(19-14)21-12-8-7-10-5-3-4-6-11(10)9-12/h7-9H,3-6H2,1-2H3,(H2,16,17,18,19). The van der Waals surface area contributed by atoms with E-state index in [-0.39, 0.29) is 12.0 Å². The van der Waals surface area contributed by atoms with Gasteiger partial charge in [0.2, 0.25) is 11.9 Å². The summed E-state index contributed by atoms with van der Waals surface area (Å²) in [4.78, 5) is 14.1. The molecular weight excluding hydrogens is 266 g/mol. The van der Waals surface area contributed by atoms with Crippen LogP contribution in [0, 0.1) is 0 Å². The summed E-state index contributed by atoms with van der Waals surface area (Å²) < 4.78 is 5.75. The number of rotatable bonds is 3. The molecule has 0 amide bonds. The van der Waals surface area contributed by atoms with E-state index in [1.54, 1.807) is 4.90 Å². The summed E-state index contributed by atoms with van der Waals surface area (Å²) in [5, 5.41) is 0. The Hall–Kier alpha value is -2.37. The van der Waals surface area contributed by atoms with E-state index < -0.39 is 0 Å². The molecule has 2 aromatic rings. The number of ether oxygens (including phenoxy) is 1. The summed E-state index contributed by atoms with van der Waals surface area (Å²) in [7, 11) is 3.69. The fraction of sp³-hybridized carbons (Fsp3) is 0.400. The molecule has 0 fully saturated rings. The third-order valence-corrected chi connectivity index (χ3v) is 3.55. The van der Waals surface area contributed by atoms with Crippen LogP contribution >= 0.6 is 0 Å². The molecule has 1 aliphatic carbocycles. The average Bonchev–Trinajstić information content (AvgIpc) is 2.46. The highest BCUT2D eigenvalue weighted by Crippen LogP contribution is 2.27. The van der Waals surface area contributed by atoms with Gasteiger partial charge in [0.1, 0.15) is 5.75 Å². The fourth-order valence-corrected chi connectivity index (χ4v) is 2.49. The molecule has 110 valence electrons. The lowest BCUT2D eigenvalue weighted by Crippen LogP contribution is -2.15. The molecule has 1 heterocycles. The zero-order valence-electron chi connectivity index (χ0n) is 12.3. The van der Waals surface area contributed by atoms with E-state index in [0.29, 0.717) is 5.95 Å². The Balaban J connectivity index is 1.86. The van der Waals surface area contributed by atoms with Crippen LogP contribution in [0.2, 0.25) is 0 Å². The largest absolute Gasteiger partial charge is 0.424 e. The van der Waals surface area contributed by atoms with Crippen LogP contribution in [0.1, 0.15) is 24.0 Å². The highest BCUT2D eigenvalue weighted by molar-refractivity contribution is 5.39. The van der Waals surface area contributed by atoms with Gasteiger partial charge in [0, 0.05) is 14.1 Å². The van der Waals surface area contributed by atoms with E-state index >= 15 is 0 Å². The van der Waals surface area contributed by atoms with Crippen LogP contribution in [0.4, 0.5) is 11.9 Å². The van der Waals surface area contributed by atoms with E-state index in [0.717, 1.165) is 18.6 Å². The lowest BCUT2D eigenvalue weighted by molar-refractivity contribution is 0.439. The van der Waals surface area contributed by atoms with Crippen molar-refractivity contribution in [3.8, 4) is 11.8 Å². The van der Waals surface area contributed by atoms with Crippen LogP contribution in [0.15, 0.2) is 18.2 Å². The number of nitrogen functional groups attached to an aromatic ring is 1. The molecule has 0 atom stereocenters. The summed E-state index contributed by atoms with van der Waals surface area (Å²) in [6, 6.07) is 6.38. The predicted molar refractivity (Wildman–Crippen MR) is 81.7 cm³/mol. The van der Waals surface area contributed by atoms with E-state index in [1.807, 2.05) is 20.2 Å². The minimum Gasteiger partial charge on any atom is -0.424 e. The van der Waals surface area contributed by atoms with Gasteiger partial charge >= 0.3 is 6.01 Å². The molecule has 0 unspecified atom stereocenters. The summed E-state index contributed by atoms with van der Waals surface area (Å²) in [5.41, 5.74) is 8.46. The molecule has 1 aromatic heterocycles. The number of anilines is 2. The highest BCUT2D eigenvalue weighted by atomic mass is 16.5. The normalized spacial score (nSPS) is 13.6. The summed E-state index contributed by atoms with van der Waals surface area (Å²) in [6.07, 6.45) is 4.76. The van der Waals surface area contributed by atoms with Crippen molar-refractivity contribution in [2.45, 2.75) is 25.7 Å². The van der Waals surface area contributed by atoms with Gasteiger partial charge < -0.3 is 15.4 Å². The third-order valence-electron chi connectivity index (χ3n) is 3.55. The lowest BCUT2D eigenvalue weighted by atomic mass is 9.92. The molecule has 0 bridgehead atoms. The number of hydrogen-bond donors (Lipinski definition) is 1. The topological polar surface area (TPSA) is 77.2 Å². The quantitative estimate of drug-likeness (QED) is 0.931. The summed E-state index contributed by atoms with van der Waals surface area (Å²) >= 11 is 0. The first-order chi connectivity index (χ1) is 10.1. The lowest BCUT2D eigenvalue weighted by Gasteiger charge is -2.16. The Morgan fingerprint density at radius 1 is 1.05 bits per heavy atom.